The van der Waals surface area contributed by atoms with Crippen molar-refractivity contribution >= 4 is 11.1 Å². The minimum absolute atomic E-state index is 0.689. The van der Waals surface area contributed by atoms with Gasteiger partial charge in [-0.15, -0.1) is 0 Å². The average Bonchev–Trinajstić information content (AvgIpc) is 2.91. The lowest BCUT2D eigenvalue weighted by molar-refractivity contribution is 0.544. The topological polar surface area (TPSA) is 0 Å². The van der Waals surface area contributed by atoms with Crippen molar-refractivity contribution in [3.63, 3.8) is 0 Å². The van der Waals surface area contributed by atoms with E-state index in [1.165, 1.54) is 36.8 Å². The van der Waals surface area contributed by atoms with Gasteiger partial charge in [0, 0.05) is 0 Å². The molecule has 4 rings (SSSR count). The molecule has 0 N–H and O–H groups in total. The summed E-state index contributed by atoms with van der Waals surface area (Å²) in [6.07, 6.45) is 10.0. The van der Waals surface area contributed by atoms with Crippen LogP contribution >= 0.6 is 0 Å². The van der Waals surface area contributed by atoms with Crippen molar-refractivity contribution in [3.05, 3.63) is 83.9 Å². The molecule has 2 aliphatic rings. The lowest BCUT2D eigenvalue weighted by Gasteiger charge is -2.19. The van der Waals surface area contributed by atoms with Crippen molar-refractivity contribution in [2.45, 2.75) is 25.7 Å². The van der Waals surface area contributed by atoms with Gasteiger partial charge in [-0.05, 0) is 59.8 Å². The quantitative estimate of drug-likeness (QED) is 0.637. The molecule has 0 unspecified atom stereocenters. The molecule has 0 aliphatic heterocycles. The summed E-state index contributed by atoms with van der Waals surface area (Å²) in [5.74, 6) is 1.38. The predicted octanol–water partition coefficient (Wildman–Crippen LogP) is 5.97. The van der Waals surface area contributed by atoms with E-state index >= 15 is 0 Å². The predicted molar refractivity (Wildman–Crippen MR) is 94.3 cm³/mol. The van der Waals surface area contributed by atoms with Crippen molar-refractivity contribution < 1.29 is 0 Å². The Morgan fingerprint density at radius 1 is 0.545 bits per heavy atom. The maximum absolute atomic E-state index is 2.52. The SMILES string of the molecule is C1=C(c2ccccc2)[C@@H]2CC=C(c3ccccc3)[C@H](C1)CC2. The summed E-state index contributed by atoms with van der Waals surface area (Å²) in [5, 5.41) is 0. The summed E-state index contributed by atoms with van der Waals surface area (Å²) in [5.41, 5.74) is 5.99. The Morgan fingerprint density at radius 2 is 0.955 bits per heavy atom. The largest absolute Gasteiger partial charge is 0.0798 e. The van der Waals surface area contributed by atoms with E-state index in [0.29, 0.717) is 11.8 Å². The Labute approximate surface area is 133 Å². The first kappa shape index (κ1) is 13.6. The zero-order chi connectivity index (χ0) is 14.8. The van der Waals surface area contributed by atoms with Gasteiger partial charge in [0.1, 0.15) is 0 Å². The van der Waals surface area contributed by atoms with E-state index < -0.39 is 0 Å². The summed E-state index contributed by atoms with van der Waals surface area (Å²) >= 11 is 0. The second-order valence-electron chi connectivity index (χ2n) is 6.49. The molecule has 110 valence electrons. The second kappa shape index (κ2) is 5.96. The molecule has 0 aromatic heterocycles. The van der Waals surface area contributed by atoms with E-state index in [9.17, 15) is 0 Å². The summed E-state index contributed by atoms with van der Waals surface area (Å²) in [7, 11) is 0. The Balaban J connectivity index is 1.67. The van der Waals surface area contributed by atoms with Gasteiger partial charge in [0.15, 0.2) is 0 Å². The van der Waals surface area contributed by atoms with Gasteiger partial charge in [-0.3, -0.25) is 0 Å². The van der Waals surface area contributed by atoms with Crippen LogP contribution in [-0.4, -0.2) is 0 Å². The highest BCUT2D eigenvalue weighted by atomic mass is 14.3. The summed E-state index contributed by atoms with van der Waals surface area (Å²) in [6.45, 7) is 0. The first-order valence-electron chi connectivity index (χ1n) is 8.43. The van der Waals surface area contributed by atoms with Gasteiger partial charge in [0.25, 0.3) is 0 Å². The third kappa shape index (κ3) is 2.54. The number of benzene rings is 2. The molecule has 22 heavy (non-hydrogen) atoms. The fourth-order valence-electron chi connectivity index (χ4n) is 4.04. The van der Waals surface area contributed by atoms with Crippen LogP contribution < -0.4 is 0 Å². The molecule has 2 aliphatic carbocycles. The molecule has 2 aromatic carbocycles. The highest BCUT2D eigenvalue weighted by Crippen LogP contribution is 2.43. The first-order valence-corrected chi connectivity index (χ1v) is 8.43. The fourth-order valence-corrected chi connectivity index (χ4v) is 4.04. The molecule has 0 amide bonds. The normalized spacial score (nSPS) is 24.2. The van der Waals surface area contributed by atoms with Crippen LogP contribution in [0.4, 0.5) is 0 Å². The third-order valence-corrected chi connectivity index (χ3v) is 5.20. The number of hydrogen-bond donors (Lipinski definition) is 0. The Bertz CT molecular complexity index is 628. The van der Waals surface area contributed by atoms with Gasteiger partial charge >= 0.3 is 0 Å². The van der Waals surface area contributed by atoms with Gasteiger partial charge in [-0.1, -0.05) is 72.8 Å². The summed E-state index contributed by atoms with van der Waals surface area (Å²) < 4.78 is 0. The number of fused-ring (bicyclic) bond motifs is 3. The minimum Gasteiger partial charge on any atom is -0.0798 e. The number of rotatable bonds is 2. The van der Waals surface area contributed by atoms with Crippen molar-refractivity contribution in [2.24, 2.45) is 11.8 Å². The first-order chi connectivity index (χ1) is 10.9. The van der Waals surface area contributed by atoms with E-state index in [2.05, 4.69) is 72.8 Å². The fraction of sp³-hybridized carbons (Fsp3) is 0.273. The van der Waals surface area contributed by atoms with Crippen molar-refractivity contribution in [1.29, 1.82) is 0 Å². The van der Waals surface area contributed by atoms with E-state index in [1.807, 2.05) is 0 Å². The van der Waals surface area contributed by atoms with Gasteiger partial charge in [-0.2, -0.15) is 0 Å². The lowest BCUT2D eigenvalue weighted by Crippen LogP contribution is -2.02. The molecule has 2 aromatic rings. The molecule has 0 saturated heterocycles. The molecular weight excluding hydrogens is 264 g/mol. The molecule has 0 spiro atoms. The van der Waals surface area contributed by atoms with Gasteiger partial charge in [0.05, 0.1) is 0 Å². The summed E-state index contributed by atoms with van der Waals surface area (Å²) in [6, 6.07) is 21.9. The van der Waals surface area contributed by atoms with Crippen LogP contribution in [0.15, 0.2) is 72.8 Å². The van der Waals surface area contributed by atoms with Crippen molar-refractivity contribution in [1.82, 2.24) is 0 Å². The molecular formula is C22H22. The number of allylic oxidation sites excluding steroid dienone is 4. The molecule has 0 heteroatoms. The highest BCUT2D eigenvalue weighted by molar-refractivity contribution is 5.73. The van der Waals surface area contributed by atoms with E-state index in [4.69, 9.17) is 0 Å². The lowest BCUT2D eigenvalue weighted by atomic mass is 9.86. The van der Waals surface area contributed by atoms with Gasteiger partial charge < -0.3 is 0 Å². The Hall–Kier alpha value is -2.08. The molecule has 0 radical (unpaired) electrons. The van der Waals surface area contributed by atoms with Crippen LogP contribution in [-0.2, 0) is 0 Å². The van der Waals surface area contributed by atoms with Crippen LogP contribution in [0, 0.1) is 11.8 Å². The molecule has 0 fully saturated rings. The molecule has 2 bridgehead atoms. The molecule has 0 nitrogen and oxygen atoms in total. The van der Waals surface area contributed by atoms with Crippen molar-refractivity contribution in [3.8, 4) is 0 Å². The standard InChI is InChI=1S/C22H22/c1-3-7-17(8-4-1)21-15-13-20-12-11-19(21)14-16-22(20)18-9-5-2-6-10-18/h1-10,15-16,19-20H,11-14H2/t19-,20-/m0/s1. The van der Waals surface area contributed by atoms with Gasteiger partial charge in [0.2, 0.25) is 0 Å². The zero-order valence-electron chi connectivity index (χ0n) is 12.9. The maximum Gasteiger partial charge on any atom is -0.0124 e. The Kier molecular flexibility index (Phi) is 3.68. The second-order valence-corrected chi connectivity index (χ2v) is 6.49. The molecule has 0 saturated carbocycles. The van der Waals surface area contributed by atoms with E-state index in [0.717, 1.165) is 0 Å². The van der Waals surface area contributed by atoms with Crippen LogP contribution in [0.2, 0.25) is 0 Å². The van der Waals surface area contributed by atoms with Crippen LogP contribution in [0.5, 0.6) is 0 Å². The van der Waals surface area contributed by atoms with Crippen LogP contribution in [0.3, 0.4) is 0 Å². The summed E-state index contributed by atoms with van der Waals surface area (Å²) in [4.78, 5) is 0. The third-order valence-electron chi connectivity index (χ3n) is 5.20. The van der Waals surface area contributed by atoms with E-state index in [1.54, 1.807) is 11.1 Å². The van der Waals surface area contributed by atoms with E-state index in [-0.39, 0.29) is 0 Å². The molecule has 2 atom stereocenters. The monoisotopic (exact) mass is 286 g/mol. The number of hydrogen-bond acceptors (Lipinski definition) is 0. The Morgan fingerprint density at radius 3 is 1.36 bits per heavy atom. The molecule has 0 heterocycles. The van der Waals surface area contributed by atoms with Crippen LogP contribution in [0.1, 0.15) is 36.8 Å². The highest BCUT2D eigenvalue weighted by Gasteiger charge is 2.27. The minimum atomic E-state index is 0.689. The van der Waals surface area contributed by atoms with Gasteiger partial charge in [-0.25, -0.2) is 0 Å². The zero-order valence-corrected chi connectivity index (χ0v) is 12.9. The van der Waals surface area contributed by atoms with Crippen LogP contribution in [0.25, 0.3) is 11.1 Å². The maximum atomic E-state index is 2.52. The smallest absolute Gasteiger partial charge is 0.0124 e. The average molecular weight is 286 g/mol. The van der Waals surface area contributed by atoms with Crippen molar-refractivity contribution in [2.75, 3.05) is 0 Å².